The SMILES string of the molecule is CCC(CC(C)=N)=Nc1ncc(NC(=O)c2cccc(NC(=O)c3cccc(C(F)(F)F)c3)c2)cn1. The molecule has 186 valence electrons. The van der Waals surface area contributed by atoms with Crippen LogP contribution in [0.3, 0.4) is 0 Å². The molecule has 0 aliphatic heterocycles. The van der Waals surface area contributed by atoms with Crippen LogP contribution in [0, 0.1) is 5.41 Å². The summed E-state index contributed by atoms with van der Waals surface area (Å²) in [5.74, 6) is -1.03. The molecule has 0 aliphatic carbocycles. The molecule has 8 nitrogen and oxygen atoms in total. The summed E-state index contributed by atoms with van der Waals surface area (Å²) < 4.78 is 38.8. The quantitative estimate of drug-likeness (QED) is 0.336. The average molecular weight is 496 g/mol. The predicted molar refractivity (Wildman–Crippen MR) is 131 cm³/mol. The highest BCUT2D eigenvalue weighted by Gasteiger charge is 2.30. The Morgan fingerprint density at radius 3 is 2.11 bits per heavy atom. The molecule has 11 heteroatoms. The van der Waals surface area contributed by atoms with E-state index in [1.165, 1.54) is 42.7 Å². The largest absolute Gasteiger partial charge is 0.416 e. The van der Waals surface area contributed by atoms with Gasteiger partial charge in [0.15, 0.2) is 0 Å². The van der Waals surface area contributed by atoms with Crippen molar-refractivity contribution in [2.75, 3.05) is 10.6 Å². The summed E-state index contributed by atoms with van der Waals surface area (Å²) in [6, 6.07) is 10.0. The molecule has 3 aromatic rings. The molecule has 2 amide bonds. The summed E-state index contributed by atoms with van der Waals surface area (Å²) in [7, 11) is 0. The Morgan fingerprint density at radius 1 is 0.944 bits per heavy atom. The minimum atomic E-state index is -4.57. The van der Waals surface area contributed by atoms with Crippen LogP contribution >= 0.6 is 0 Å². The highest BCUT2D eigenvalue weighted by atomic mass is 19.4. The van der Waals surface area contributed by atoms with Gasteiger partial charge in [0, 0.05) is 34.7 Å². The molecule has 0 unspecified atom stereocenters. The van der Waals surface area contributed by atoms with Gasteiger partial charge < -0.3 is 16.0 Å². The van der Waals surface area contributed by atoms with Crippen molar-refractivity contribution >= 4 is 40.6 Å². The monoisotopic (exact) mass is 496 g/mol. The van der Waals surface area contributed by atoms with E-state index in [1.807, 2.05) is 6.92 Å². The molecular formula is C25H23F3N6O2. The fourth-order valence-corrected chi connectivity index (χ4v) is 3.12. The molecule has 0 bridgehead atoms. The number of aliphatic imine (C=N–C) groups is 1. The molecule has 2 aromatic carbocycles. The van der Waals surface area contributed by atoms with Gasteiger partial charge in [-0.3, -0.25) is 9.59 Å². The molecule has 0 fully saturated rings. The molecular weight excluding hydrogens is 473 g/mol. The Kier molecular flexibility index (Phi) is 8.26. The zero-order valence-corrected chi connectivity index (χ0v) is 19.5. The predicted octanol–water partition coefficient (Wildman–Crippen LogP) is 5.91. The lowest BCUT2D eigenvalue weighted by atomic mass is 10.1. The lowest BCUT2D eigenvalue weighted by molar-refractivity contribution is -0.137. The number of benzene rings is 2. The first-order valence-corrected chi connectivity index (χ1v) is 10.9. The van der Waals surface area contributed by atoms with Gasteiger partial charge in [0.2, 0.25) is 5.95 Å². The van der Waals surface area contributed by atoms with E-state index in [9.17, 15) is 22.8 Å². The van der Waals surface area contributed by atoms with Crippen LogP contribution in [0.1, 0.15) is 53.0 Å². The number of carbonyl (C=O) groups is 2. The van der Waals surface area contributed by atoms with Gasteiger partial charge in [-0.15, -0.1) is 0 Å². The maximum absolute atomic E-state index is 12.9. The standard InChI is InChI=1S/C25H23F3N6O2/c1-3-19(10-15(2)29)34-24-30-13-21(14-31-24)33-23(36)17-7-5-9-20(12-17)32-22(35)16-6-4-8-18(11-16)25(26,27)28/h4-9,11-14,29H,3,10H2,1-2H3,(H,32,35)(H,33,36). The Balaban J connectivity index is 1.68. The van der Waals surface area contributed by atoms with E-state index in [0.29, 0.717) is 24.2 Å². The van der Waals surface area contributed by atoms with Crippen LogP contribution < -0.4 is 10.6 Å². The minimum Gasteiger partial charge on any atom is -0.322 e. The maximum Gasteiger partial charge on any atom is 0.416 e. The third kappa shape index (κ3) is 7.29. The molecule has 0 radical (unpaired) electrons. The van der Waals surface area contributed by atoms with Crippen LogP contribution in [0.25, 0.3) is 0 Å². The number of amides is 2. The van der Waals surface area contributed by atoms with Gasteiger partial charge >= 0.3 is 6.18 Å². The van der Waals surface area contributed by atoms with Gasteiger partial charge in [-0.25, -0.2) is 15.0 Å². The van der Waals surface area contributed by atoms with Crippen molar-refractivity contribution in [3.05, 3.63) is 77.6 Å². The van der Waals surface area contributed by atoms with Crippen LogP contribution in [0.2, 0.25) is 0 Å². The van der Waals surface area contributed by atoms with Gasteiger partial charge in [-0.2, -0.15) is 13.2 Å². The van der Waals surface area contributed by atoms with Gasteiger partial charge in [0.1, 0.15) is 0 Å². The highest BCUT2D eigenvalue weighted by Crippen LogP contribution is 2.29. The summed E-state index contributed by atoms with van der Waals surface area (Å²) in [6.07, 6.45) is -0.695. The van der Waals surface area contributed by atoms with E-state index < -0.39 is 23.6 Å². The van der Waals surface area contributed by atoms with Crippen molar-refractivity contribution in [1.29, 1.82) is 5.41 Å². The number of anilines is 2. The number of alkyl halides is 3. The second kappa shape index (κ2) is 11.3. The maximum atomic E-state index is 12.9. The molecule has 36 heavy (non-hydrogen) atoms. The number of hydrogen-bond donors (Lipinski definition) is 3. The van der Waals surface area contributed by atoms with E-state index in [0.717, 1.165) is 23.9 Å². The van der Waals surface area contributed by atoms with Crippen LogP contribution in [0.5, 0.6) is 0 Å². The molecule has 0 atom stereocenters. The molecule has 1 heterocycles. The first-order valence-electron chi connectivity index (χ1n) is 10.9. The number of nitrogens with one attached hydrogen (secondary N) is 3. The van der Waals surface area contributed by atoms with E-state index in [-0.39, 0.29) is 22.8 Å². The minimum absolute atomic E-state index is 0.165. The highest BCUT2D eigenvalue weighted by molar-refractivity contribution is 6.07. The van der Waals surface area contributed by atoms with Gasteiger partial charge in [-0.05, 0) is 49.7 Å². The van der Waals surface area contributed by atoms with Gasteiger partial charge in [-0.1, -0.05) is 19.1 Å². The smallest absolute Gasteiger partial charge is 0.322 e. The van der Waals surface area contributed by atoms with E-state index in [1.54, 1.807) is 6.92 Å². The summed E-state index contributed by atoms with van der Waals surface area (Å²) in [5.41, 5.74) is 0.905. The van der Waals surface area contributed by atoms with Crippen LogP contribution in [-0.2, 0) is 6.18 Å². The Bertz CT molecular complexity index is 1300. The van der Waals surface area contributed by atoms with Crippen LogP contribution in [-0.4, -0.2) is 33.2 Å². The summed E-state index contributed by atoms with van der Waals surface area (Å²) >= 11 is 0. The number of halogens is 3. The number of carbonyl (C=O) groups excluding carboxylic acids is 2. The summed E-state index contributed by atoms with van der Waals surface area (Å²) in [4.78, 5) is 37.6. The van der Waals surface area contributed by atoms with Crippen molar-refractivity contribution in [3.63, 3.8) is 0 Å². The molecule has 3 N–H and O–H groups in total. The Labute approximate surface area is 205 Å². The fraction of sp³-hybridized carbons (Fsp3) is 0.200. The molecule has 0 saturated heterocycles. The van der Waals surface area contributed by atoms with E-state index in [4.69, 9.17) is 5.41 Å². The first-order chi connectivity index (χ1) is 17.0. The molecule has 1 aromatic heterocycles. The number of aromatic nitrogens is 2. The van der Waals surface area contributed by atoms with Crippen molar-refractivity contribution in [1.82, 2.24) is 9.97 Å². The first kappa shape index (κ1) is 26.2. The van der Waals surface area contributed by atoms with Crippen molar-refractivity contribution < 1.29 is 22.8 Å². The number of nitrogens with zero attached hydrogens (tertiary/aromatic N) is 3. The molecule has 0 aliphatic rings. The second-order valence-corrected chi connectivity index (χ2v) is 7.83. The average Bonchev–Trinajstić information content (AvgIpc) is 2.84. The van der Waals surface area contributed by atoms with Crippen LogP contribution in [0.4, 0.5) is 30.5 Å². The Hall–Kier alpha value is -4.41. The van der Waals surface area contributed by atoms with E-state index in [2.05, 4.69) is 25.6 Å². The summed E-state index contributed by atoms with van der Waals surface area (Å²) in [5, 5.41) is 12.7. The molecule has 0 spiro atoms. The number of rotatable bonds is 8. The van der Waals surface area contributed by atoms with Crippen molar-refractivity contribution in [2.24, 2.45) is 4.99 Å². The van der Waals surface area contributed by atoms with Gasteiger partial charge in [0.05, 0.1) is 23.6 Å². The normalized spacial score (nSPS) is 11.6. The van der Waals surface area contributed by atoms with E-state index >= 15 is 0 Å². The molecule has 0 saturated carbocycles. The lowest BCUT2D eigenvalue weighted by Gasteiger charge is -2.10. The molecule has 3 rings (SSSR count). The van der Waals surface area contributed by atoms with Crippen molar-refractivity contribution in [3.8, 4) is 0 Å². The van der Waals surface area contributed by atoms with Gasteiger partial charge in [0.25, 0.3) is 11.8 Å². The van der Waals surface area contributed by atoms with Crippen LogP contribution in [0.15, 0.2) is 65.9 Å². The Morgan fingerprint density at radius 2 is 1.53 bits per heavy atom. The fourth-order valence-electron chi connectivity index (χ4n) is 3.12. The topological polar surface area (TPSA) is 120 Å². The zero-order chi connectivity index (χ0) is 26.3. The van der Waals surface area contributed by atoms with Crippen molar-refractivity contribution in [2.45, 2.75) is 32.9 Å². The zero-order valence-electron chi connectivity index (χ0n) is 19.5. The number of hydrogen-bond acceptors (Lipinski definition) is 6. The lowest BCUT2D eigenvalue weighted by Crippen LogP contribution is -2.15. The second-order valence-electron chi connectivity index (χ2n) is 7.83. The summed E-state index contributed by atoms with van der Waals surface area (Å²) in [6.45, 7) is 3.61. The third-order valence-corrected chi connectivity index (χ3v) is 4.87. The third-order valence-electron chi connectivity index (χ3n) is 4.87.